The second-order valence-electron chi connectivity index (χ2n) is 6.51. The van der Waals surface area contributed by atoms with Crippen LogP contribution in [0.2, 0.25) is 0 Å². The van der Waals surface area contributed by atoms with Crippen molar-refractivity contribution in [2.24, 2.45) is 0 Å². The van der Waals surface area contributed by atoms with Gasteiger partial charge in [0.2, 0.25) is 5.91 Å². The fourth-order valence-electron chi connectivity index (χ4n) is 2.72. The van der Waals surface area contributed by atoms with E-state index < -0.39 is 23.6 Å². The maximum absolute atomic E-state index is 12.7. The summed E-state index contributed by atoms with van der Waals surface area (Å²) >= 11 is 0. The summed E-state index contributed by atoms with van der Waals surface area (Å²) in [6.07, 6.45) is -4.21. The second kappa shape index (κ2) is 10.6. The van der Waals surface area contributed by atoms with Gasteiger partial charge in [0.1, 0.15) is 0 Å². The lowest BCUT2D eigenvalue weighted by molar-refractivity contribution is -0.137. The first-order valence-electron chi connectivity index (χ1n) is 9.27. The summed E-state index contributed by atoms with van der Waals surface area (Å²) in [7, 11) is 2.65. The molecule has 0 bridgehead atoms. The summed E-state index contributed by atoms with van der Waals surface area (Å²) in [6.45, 7) is 0.434. The molecule has 0 aliphatic heterocycles. The van der Waals surface area contributed by atoms with E-state index in [9.17, 15) is 22.8 Å². The van der Waals surface area contributed by atoms with Crippen LogP contribution in [0.25, 0.3) is 0 Å². The van der Waals surface area contributed by atoms with E-state index in [4.69, 9.17) is 15.2 Å². The topological polar surface area (TPSA) is 99.9 Å². The van der Waals surface area contributed by atoms with Crippen molar-refractivity contribution in [1.82, 2.24) is 5.32 Å². The van der Waals surface area contributed by atoms with Crippen molar-refractivity contribution < 1.29 is 37.0 Å². The van der Waals surface area contributed by atoms with Crippen LogP contribution in [0.4, 0.5) is 18.9 Å². The second-order valence-corrected chi connectivity index (χ2v) is 6.51. The number of alkyl halides is 3. The van der Waals surface area contributed by atoms with Crippen molar-refractivity contribution in [1.29, 1.82) is 0 Å². The van der Waals surface area contributed by atoms with Crippen molar-refractivity contribution in [2.75, 3.05) is 33.1 Å². The Bertz CT molecular complexity index is 932. The number of nitrogen functional groups attached to an aromatic ring is 1. The average molecular weight is 440 g/mol. The summed E-state index contributed by atoms with van der Waals surface area (Å²) < 4.78 is 53.7. The summed E-state index contributed by atoms with van der Waals surface area (Å²) in [5, 5.41) is 2.63. The van der Waals surface area contributed by atoms with E-state index >= 15 is 0 Å². The number of methoxy groups -OCH3 is 2. The molecular formula is C21H23F3N2O5. The molecule has 2 aromatic rings. The van der Waals surface area contributed by atoms with Gasteiger partial charge in [-0.3, -0.25) is 4.79 Å². The van der Waals surface area contributed by atoms with Crippen LogP contribution in [0.5, 0.6) is 11.5 Å². The molecule has 31 heavy (non-hydrogen) atoms. The van der Waals surface area contributed by atoms with Crippen LogP contribution in [0, 0.1) is 0 Å². The fraction of sp³-hybridized carbons (Fsp3) is 0.333. The Morgan fingerprint density at radius 1 is 1.10 bits per heavy atom. The van der Waals surface area contributed by atoms with E-state index in [-0.39, 0.29) is 42.1 Å². The zero-order chi connectivity index (χ0) is 23.0. The molecule has 2 rings (SSSR count). The molecule has 0 atom stereocenters. The van der Waals surface area contributed by atoms with Crippen molar-refractivity contribution in [2.45, 2.75) is 19.0 Å². The number of ether oxygens (including phenoxy) is 3. The molecule has 0 aliphatic carbocycles. The van der Waals surface area contributed by atoms with Crippen LogP contribution >= 0.6 is 0 Å². The van der Waals surface area contributed by atoms with Crippen molar-refractivity contribution in [3.05, 3.63) is 53.1 Å². The Labute approximate surface area is 177 Å². The Morgan fingerprint density at radius 2 is 1.84 bits per heavy atom. The molecule has 0 aliphatic rings. The van der Waals surface area contributed by atoms with Crippen molar-refractivity contribution in [3.8, 4) is 11.5 Å². The Kier molecular flexibility index (Phi) is 8.12. The van der Waals surface area contributed by atoms with Crippen LogP contribution in [-0.4, -0.2) is 39.2 Å². The standard InChI is InChI=1S/C21H23F3N2O5/c1-29-17-12-16(25)15(20(28)30-2)11-18(17)31-8-4-7-26-19(27)10-13-5-3-6-14(9-13)21(22,23)24/h3,5-6,9,11-12H,4,7-8,10,25H2,1-2H3,(H,26,27). The minimum absolute atomic E-state index is 0.132. The molecule has 2 aromatic carbocycles. The van der Waals surface area contributed by atoms with Crippen molar-refractivity contribution >= 4 is 17.6 Å². The third kappa shape index (κ3) is 6.80. The third-order valence-electron chi connectivity index (χ3n) is 4.26. The fourth-order valence-corrected chi connectivity index (χ4v) is 2.72. The highest BCUT2D eigenvalue weighted by Crippen LogP contribution is 2.32. The molecule has 0 radical (unpaired) electrons. The number of anilines is 1. The largest absolute Gasteiger partial charge is 0.493 e. The Balaban J connectivity index is 1.84. The van der Waals surface area contributed by atoms with E-state index in [1.807, 2.05) is 0 Å². The van der Waals surface area contributed by atoms with E-state index in [1.165, 1.54) is 38.5 Å². The minimum Gasteiger partial charge on any atom is -0.493 e. The number of hydrogen-bond donors (Lipinski definition) is 2. The first-order valence-corrected chi connectivity index (χ1v) is 9.27. The number of rotatable bonds is 9. The van der Waals surface area contributed by atoms with Gasteiger partial charge in [0.15, 0.2) is 11.5 Å². The van der Waals surface area contributed by atoms with Gasteiger partial charge in [-0.1, -0.05) is 18.2 Å². The van der Waals surface area contributed by atoms with Crippen LogP contribution < -0.4 is 20.5 Å². The maximum Gasteiger partial charge on any atom is 0.416 e. The molecule has 0 saturated heterocycles. The van der Waals surface area contributed by atoms with Crippen LogP contribution in [0.15, 0.2) is 36.4 Å². The zero-order valence-electron chi connectivity index (χ0n) is 17.0. The molecule has 7 nitrogen and oxygen atoms in total. The number of hydrogen-bond acceptors (Lipinski definition) is 6. The first kappa shape index (κ1) is 23.8. The molecule has 0 spiro atoms. The normalized spacial score (nSPS) is 11.0. The number of amides is 1. The molecule has 0 saturated carbocycles. The summed E-state index contributed by atoms with van der Waals surface area (Å²) in [5.41, 5.74) is 5.59. The van der Waals surface area contributed by atoms with Gasteiger partial charge >= 0.3 is 12.1 Å². The molecule has 0 heterocycles. The monoisotopic (exact) mass is 440 g/mol. The highest BCUT2D eigenvalue weighted by Gasteiger charge is 2.30. The van der Waals surface area contributed by atoms with Crippen LogP contribution in [0.3, 0.4) is 0 Å². The molecule has 168 valence electrons. The van der Waals surface area contributed by atoms with E-state index in [2.05, 4.69) is 10.1 Å². The lowest BCUT2D eigenvalue weighted by Crippen LogP contribution is -2.27. The number of carbonyl (C=O) groups excluding carboxylic acids is 2. The summed E-state index contributed by atoms with van der Waals surface area (Å²) in [6, 6.07) is 7.49. The molecule has 10 heteroatoms. The molecule has 0 unspecified atom stereocenters. The van der Waals surface area contributed by atoms with Crippen LogP contribution in [0.1, 0.15) is 27.9 Å². The van der Waals surface area contributed by atoms with E-state index in [0.717, 1.165) is 12.1 Å². The predicted octanol–water partition coefficient (Wildman–Crippen LogP) is 3.21. The molecule has 0 aromatic heterocycles. The Morgan fingerprint density at radius 3 is 2.48 bits per heavy atom. The molecular weight excluding hydrogens is 417 g/mol. The van der Waals surface area contributed by atoms with Gasteiger partial charge < -0.3 is 25.3 Å². The lowest BCUT2D eigenvalue weighted by atomic mass is 10.1. The maximum atomic E-state index is 12.7. The highest BCUT2D eigenvalue weighted by molar-refractivity contribution is 5.96. The number of esters is 1. The molecule has 3 N–H and O–H groups in total. The Hall–Kier alpha value is -3.43. The number of nitrogens with two attached hydrogens (primary N) is 1. The van der Waals surface area contributed by atoms with Gasteiger partial charge in [0.25, 0.3) is 0 Å². The quantitative estimate of drug-likeness (QED) is 0.353. The number of benzene rings is 2. The zero-order valence-corrected chi connectivity index (χ0v) is 17.0. The van der Waals surface area contributed by atoms with E-state index in [1.54, 1.807) is 0 Å². The van der Waals surface area contributed by atoms with E-state index in [0.29, 0.717) is 12.2 Å². The van der Waals surface area contributed by atoms with Gasteiger partial charge in [0.05, 0.1) is 44.1 Å². The van der Waals surface area contributed by atoms with Gasteiger partial charge in [-0.15, -0.1) is 0 Å². The number of nitrogens with one attached hydrogen (secondary N) is 1. The van der Waals surface area contributed by atoms with Gasteiger partial charge in [-0.2, -0.15) is 13.2 Å². The smallest absolute Gasteiger partial charge is 0.416 e. The lowest BCUT2D eigenvalue weighted by Gasteiger charge is -2.14. The first-order chi connectivity index (χ1) is 14.7. The molecule has 1 amide bonds. The predicted molar refractivity (Wildman–Crippen MR) is 107 cm³/mol. The number of carbonyl (C=O) groups is 2. The molecule has 0 fully saturated rings. The van der Waals surface area contributed by atoms with Gasteiger partial charge in [-0.05, 0) is 18.1 Å². The van der Waals surface area contributed by atoms with Crippen LogP contribution in [-0.2, 0) is 22.1 Å². The SMILES string of the molecule is COC(=O)c1cc(OCCCNC(=O)Cc2cccc(C(F)(F)F)c2)c(OC)cc1N. The van der Waals surface area contributed by atoms with Gasteiger partial charge in [0, 0.05) is 18.7 Å². The summed E-state index contributed by atoms with van der Waals surface area (Å²) in [4.78, 5) is 23.7. The summed E-state index contributed by atoms with van der Waals surface area (Å²) in [5.74, 6) is -0.407. The highest BCUT2D eigenvalue weighted by atomic mass is 19.4. The number of halogens is 3. The van der Waals surface area contributed by atoms with Gasteiger partial charge in [-0.25, -0.2) is 4.79 Å². The average Bonchev–Trinajstić information content (AvgIpc) is 2.73. The minimum atomic E-state index is -4.46. The third-order valence-corrected chi connectivity index (χ3v) is 4.26. The van der Waals surface area contributed by atoms with Crippen molar-refractivity contribution in [3.63, 3.8) is 0 Å².